The van der Waals surface area contributed by atoms with Crippen molar-refractivity contribution in [2.75, 3.05) is 0 Å². The Morgan fingerprint density at radius 2 is 2.00 bits per heavy atom. The van der Waals surface area contributed by atoms with E-state index in [2.05, 4.69) is 11.4 Å². The monoisotopic (exact) mass is 254 g/mol. The van der Waals surface area contributed by atoms with E-state index >= 15 is 0 Å². The summed E-state index contributed by atoms with van der Waals surface area (Å²) in [7, 11) is 0. The van der Waals surface area contributed by atoms with Gasteiger partial charge in [0.15, 0.2) is 0 Å². The molecule has 2 aromatic carbocycles. The van der Waals surface area contributed by atoms with Crippen LogP contribution in [-0.4, -0.2) is 0 Å². The first kappa shape index (κ1) is 13.3. The molecule has 0 unspecified atom stereocenters. The van der Waals surface area contributed by atoms with Crippen LogP contribution in [-0.2, 0) is 13.1 Å². The molecule has 0 radical (unpaired) electrons. The summed E-state index contributed by atoms with van der Waals surface area (Å²) in [5, 5.41) is 12.1. The predicted octanol–water partition coefficient (Wildman–Crippen LogP) is 3.30. The Morgan fingerprint density at radius 3 is 2.74 bits per heavy atom. The summed E-state index contributed by atoms with van der Waals surface area (Å²) in [5.74, 6) is -0.206. The number of hydrogen-bond donors (Lipinski definition) is 1. The molecule has 0 bridgehead atoms. The fourth-order valence-corrected chi connectivity index (χ4v) is 1.95. The average molecular weight is 254 g/mol. The van der Waals surface area contributed by atoms with Crippen LogP contribution >= 0.6 is 0 Å². The molecular weight excluding hydrogens is 239 g/mol. The fraction of sp³-hybridized carbons (Fsp3) is 0.188. The van der Waals surface area contributed by atoms with E-state index in [4.69, 9.17) is 5.26 Å². The Kier molecular flexibility index (Phi) is 4.27. The average Bonchev–Trinajstić information content (AvgIpc) is 2.41. The van der Waals surface area contributed by atoms with Gasteiger partial charge in [-0.25, -0.2) is 4.39 Å². The quantitative estimate of drug-likeness (QED) is 0.908. The van der Waals surface area contributed by atoms with Crippen LogP contribution < -0.4 is 5.32 Å². The van der Waals surface area contributed by atoms with Gasteiger partial charge in [0.2, 0.25) is 0 Å². The van der Waals surface area contributed by atoms with Crippen molar-refractivity contribution in [1.29, 1.82) is 5.26 Å². The number of nitriles is 1. The second-order valence-corrected chi connectivity index (χ2v) is 4.49. The van der Waals surface area contributed by atoms with Crippen LogP contribution in [0.15, 0.2) is 42.5 Å². The zero-order valence-electron chi connectivity index (χ0n) is 10.8. The van der Waals surface area contributed by atoms with Crippen molar-refractivity contribution in [2.24, 2.45) is 0 Å². The molecule has 2 nitrogen and oxygen atoms in total. The molecule has 0 aliphatic rings. The minimum Gasteiger partial charge on any atom is -0.309 e. The molecule has 0 spiro atoms. The molecule has 0 saturated heterocycles. The number of rotatable bonds is 4. The van der Waals surface area contributed by atoms with Gasteiger partial charge in [-0.15, -0.1) is 0 Å². The number of aryl methyl sites for hydroxylation is 1. The Morgan fingerprint density at radius 1 is 1.16 bits per heavy atom. The fourth-order valence-electron chi connectivity index (χ4n) is 1.95. The normalized spacial score (nSPS) is 10.2. The van der Waals surface area contributed by atoms with Crippen molar-refractivity contribution in [1.82, 2.24) is 5.32 Å². The Labute approximate surface area is 112 Å². The number of benzene rings is 2. The van der Waals surface area contributed by atoms with Crippen molar-refractivity contribution in [2.45, 2.75) is 20.0 Å². The van der Waals surface area contributed by atoms with Crippen LogP contribution in [0.4, 0.5) is 4.39 Å². The third-order valence-corrected chi connectivity index (χ3v) is 3.01. The molecule has 19 heavy (non-hydrogen) atoms. The largest absolute Gasteiger partial charge is 0.309 e. The van der Waals surface area contributed by atoms with E-state index in [9.17, 15) is 4.39 Å². The molecule has 0 aliphatic carbocycles. The molecule has 0 aliphatic heterocycles. The lowest BCUT2D eigenvalue weighted by atomic mass is 10.1. The highest BCUT2D eigenvalue weighted by Crippen LogP contribution is 2.10. The molecule has 0 atom stereocenters. The lowest BCUT2D eigenvalue weighted by molar-refractivity contribution is 0.623. The molecule has 96 valence electrons. The second-order valence-electron chi connectivity index (χ2n) is 4.49. The molecule has 0 heterocycles. The maximum Gasteiger partial charge on any atom is 0.123 e. The van der Waals surface area contributed by atoms with Gasteiger partial charge >= 0.3 is 0 Å². The van der Waals surface area contributed by atoms with Crippen molar-refractivity contribution in [3.8, 4) is 6.07 Å². The first-order chi connectivity index (χ1) is 9.19. The van der Waals surface area contributed by atoms with E-state index in [0.717, 1.165) is 16.7 Å². The summed E-state index contributed by atoms with van der Waals surface area (Å²) in [6.45, 7) is 3.27. The van der Waals surface area contributed by atoms with Gasteiger partial charge in [-0.05, 0) is 47.9 Å². The number of nitrogens with one attached hydrogen (secondary N) is 1. The van der Waals surface area contributed by atoms with Crippen molar-refractivity contribution in [3.05, 3.63) is 70.5 Å². The first-order valence-corrected chi connectivity index (χ1v) is 6.14. The zero-order chi connectivity index (χ0) is 13.7. The Hall–Kier alpha value is -2.18. The molecule has 0 fully saturated rings. The second kappa shape index (κ2) is 6.12. The van der Waals surface area contributed by atoms with Gasteiger partial charge in [0, 0.05) is 13.1 Å². The summed E-state index contributed by atoms with van der Waals surface area (Å²) in [6.07, 6.45) is 0. The summed E-state index contributed by atoms with van der Waals surface area (Å²) in [6, 6.07) is 14.4. The molecule has 0 amide bonds. The third-order valence-electron chi connectivity index (χ3n) is 3.01. The van der Waals surface area contributed by atoms with Gasteiger partial charge in [0.05, 0.1) is 11.6 Å². The SMILES string of the molecule is Cc1cc(F)ccc1CNCc1cccc(C#N)c1. The van der Waals surface area contributed by atoms with E-state index in [0.29, 0.717) is 18.7 Å². The molecule has 0 aromatic heterocycles. The van der Waals surface area contributed by atoms with E-state index in [1.54, 1.807) is 12.1 Å². The smallest absolute Gasteiger partial charge is 0.123 e. The molecule has 2 rings (SSSR count). The standard InChI is InChI=1S/C16H15FN2/c1-12-7-16(17)6-5-15(12)11-19-10-14-4-2-3-13(8-14)9-18/h2-8,19H,10-11H2,1H3. The molecular formula is C16H15FN2. The first-order valence-electron chi connectivity index (χ1n) is 6.14. The molecule has 2 aromatic rings. The summed E-state index contributed by atoms with van der Waals surface area (Å²) in [5.41, 5.74) is 3.76. The third kappa shape index (κ3) is 3.64. The van der Waals surface area contributed by atoms with Gasteiger partial charge in [-0.3, -0.25) is 0 Å². The maximum absolute atomic E-state index is 13.0. The van der Waals surface area contributed by atoms with Crippen LogP contribution in [0.5, 0.6) is 0 Å². The lowest BCUT2D eigenvalue weighted by Gasteiger charge is -2.08. The number of hydrogen-bond acceptors (Lipinski definition) is 2. The zero-order valence-corrected chi connectivity index (χ0v) is 10.8. The Bertz CT molecular complexity index is 614. The topological polar surface area (TPSA) is 35.8 Å². The minimum absolute atomic E-state index is 0.206. The van der Waals surface area contributed by atoms with E-state index in [1.165, 1.54) is 12.1 Å². The number of halogens is 1. The minimum atomic E-state index is -0.206. The van der Waals surface area contributed by atoms with Gasteiger partial charge in [-0.2, -0.15) is 5.26 Å². The summed E-state index contributed by atoms with van der Waals surface area (Å²) >= 11 is 0. The highest BCUT2D eigenvalue weighted by atomic mass is 19.1. The molecule has 1 N–H and O–H groups in total. The molecule has 3 heteroatoms. The highest BCUT2D eigenvalue weighted by molar-refractivity contribution is 5.33. The van der Waals surface area contributed by atoms with Crippen LogP contribution in [0.3, 0.4) is 0 Å². The summed E-state index contributed by atoms with van der Waals surface area (Å²) < 4.78 is 13.0. The van der Waals surface area contributed by atoms with Gasteiger partial charge in [0.25, 0.3) is 0 Å². The van der Waals surface area contributed by atoms with Crippen molar-refractivity contribution < 1.29 is 4.39 Å². The summed E-state index contributed by atoms with van der Waals surface area (Å²) in [4.78, 5) is 0. The van der Waals surface area contributed by atoms with E-state index in [-0.39, 0.29) is 5.82 Å². The van der Waals surface area contributed by atoms with Crippen LogP contribution in [0, 0.1) is 24.1 Å². The van der Waals surface area contributed by atoms with Crippen molar-refractivity contribution >= 4 is 0 Å². The number of nitrogens with zero attached hydrogens (tertiary/aromatic N) is 1. The van der Waals surface area contributed by atoms with E-state index < -0.39 is 0 Å². The van der Waals surface area contributed by atoms with Gasteiger partial charge in [-0.1, -0.05) is 18.2 Å². The lowest BCUT2D eigenvalue weighted by Crippen LogP contribution is -2.13. The van der Waals surface area contributed by atoms with Gasteiger partial charge in [0.1, 0.15) is 5.82 Å². The van der Waals surface area contributed by atoms with E-state index in [1.807, 2.05) is 25.1 Å². The van der Waals surface area contributed by atoms with Gasteiger partial charge < -0.3 is 5.32 Å². The predicted molar refractivity (Wildman–Crippen MR) is 72.8 cm³/mol. The highest BCUT2D eigenvalue weighted by Gasteiger charge is 2.00. The molecule has 0 saturated carbocycles. The van der Waals surface area contributed by atoms with Crippen molar-refractivity contribution in [3.63, 3.8) is 0 Å². The van der Waals surface area contributed by atoms with Crippen LogP contribution in [0.25, 0.3) is 0 Å². The van der Waals surface area contributed by atoms with Crippen LogP contribution in [0.2, 0.25) is 0 Å². The van der Waals surface area contributed by atoms with Crippen LogP contribution in [0.1, 0.15) is 22.3 Å². The Balaban J connectivity index is 1.94. The maximum atomic E-state index is 13.0.